The Morgan fingerprint density at radius 2 is 2.10 bits per heavy atom. The summed E-state index contributed by atoms with van der Waals surface area (Å²) in [6.07, 6.45) is 8.41. The van der Waals surface area contributed by atoms with Crippen LogP contribution in [-0.2, 0) is 6.54 Å². The first kappa shape index (κ1) is 12.7. The summed E-state index contributed by atoms with van der Waals surface area (Å²) >= 11 is 0. The molecule has 7 heteroatoms. The van der Waals surface area contributed by atoms with Crippen LogP contribution in [0.2, 0.25) is 0 Å². The molecule has 0 aromatic carbocycles. The molecule has 0 N–H and O–H groups in total. The Kier molecular flexibility index (Phi) is 3.41. The second-order valence-electron chi connectivity index (χ2n) is 4.92. The smallest absolute Gasteiger partial charge is 0.274 e. The zero-order valence-electron chi connectivity index (χ0n) is 11.3. The van der Waals surface area contributed by atoms with E-state index in [-0.39, 0.29) is 11.9 Å². The molecule has 1 fully saturated rings. The van der Waals surface area contributed by atoms with E-state index in [0.29, 0.717) is 12.2 Å². The van der Waals surface area contributed by atoms with Gasteiger partial charge in [0.15, 0.2) is 0 Å². The Hall–Kier alpha value is -2.31. The number of hydrogen-bond donors (Lipinski definition) is 0. The van der Waals surface area contributed by atoms with Gasteiger partial charge in [0.05, 0.1) is 36.9 Å². The highest BCUT2D eigenvalue weighted by atomic mass is 16.2. The van der Waals surface area contributed by atoms with E-state index in [1.165, 1.54) is 0 Å². The van der Waals surface area contributed by atoms with Crippen LogP contribution in [0.4, 0.5) is 0 Å². The van der Waals surface area contributed by atoms with Crippen molar-refractivity contribution in [2.75, 3.05) is 6.54 Å². The maximum absolute atomic E-state index is 12.5. The molecule has 1 atom stereocenters. The molecule has 1 aliphatic rings. The van der Waals surface area contributed by atoms with Crippen LogP contribution in [0.15, 0.2) is 24.8 Å². The van der Waals surface area contributed by atoms with Crippen LogP contribution >= 0.6 is 0 Å². The first-order valence-electron chi connectivity index (χ1n) is 6.68. The zero-order chi connectivity index (χ0) is 13.9. The Labute approximate surface area is 116 Å². The molecule has 104 valence electrons. The summed E-state index contributed by atoms with van der Waals surface area (Å²) in [5, 5.41) is 8.19. The topological polar surface area (TPSA) is 76.8 Å². The predicted octanol–water partition coefficient (Wildman–Crippen LogP) is 0.681. The molecule has 2 aromatic rings. The van der Waals surface area contributed by atoms with E-state index in [2.05, 4.69) is 20.2 Å². The standard InChI is InChI=1S/C13H16N6O/c1-10-7-15-12(8-14-10)13(20)18-6-2-3-11(18)9-19-16-4-5-17-19/h4-5,7-8,11H,2-3,6,9H2,1H3. The van der Waals surface area contributed by atoms with Crippen molar-refractivity contribution in [3.63, 3.8) is 0 Å². The highest BCUT2D eigenvalue weighted by molar-refractivity contribution is 5.92. The maximum atomic E-state index is 12.5. The fourth-order valence-corrected chi connectivity index (χ4v) is 2.47. The highest BCUT2D eigenvalue weighted by Gasteiger charge is 2.30. The van der Waals surface area contributed by atoms with Crippen molar-refractivity contribution in [3.05, 3.63) is 36.2 Å². The summed E-state index contributed by atoms with van der Waals surface area (Å²) < 4.78 is 0. The van der Waals surface area contributed by atoms with Gasteiger partial charge < -0.3 is 4.90 Å². The number of amides is 1. The fraction of sp³-hybridized carbons (Fsp3) is 0.462. The van der Waals surface area contributed by atoms with E-state index in [0.717, 1.165) is 25.1 Å². The third-order valence-electron chi connectivity index (χ3n) is 3.48. The number of nitrogens with zero attached hydrogens (tertiary/aromatic N) is 6. The molecular formula is C13H16N6O. The van der Waals surface area contributed by atoms with Crippen LogP contribution in [0.5, 0.6) is 0 Å². The quantitative estimate of drug-likeness (QED) is 0.821. The summed E-state index contributed by atoms with van der Waals surface area (Å²) in [4.78, 5) is 24.2. The molecule has 0 aliphatic carbocycles. The van der Waals surface area contributed by atoms with Crippen LogP contribution in [-0.4, -0.2) is 48.4 Å². The molecule has 1 amide bonds. The van der Waals surface area contributed by atoms with Gasteiger partial charge >= 0.3 is 0 Å². The summed E-state index contributed by atoms with van der Waals surface area (Å²) in [6.45, 7) is 3.22. The third kappa shape index (κ3) is 2.52. The highest BCUT2D eigenvalue weighted by Crippen LogP contribution is 2.20. The Bertz CT molecular complexity index is 579. The second-order valence-corrected chi connectivity index (χ2v) is 4.92. The van der Waals surface area contributed by atoms with Crippen molar-refractivity contribution in [1.82, 2.24) is 29.9 Å². The van der Waals surface area contributed by atoms with Gasteiger partial charge in [0, 0.05) is 12.7 Å². The number of carbonyl (C=O) groups excluding carboxylic acids is 1. The predicted molar refractivity (Wildman–Crippen MR) is 70.8 cm³/mol. The lowest BCUT2D eigenvalue weighted by molar-refractivity contribution is 0.0711. The lowest BCUT2D eigenvalue weighted by Crippen LogP contribution is -2.39. The molecule has 2 aromatic heterocycles. The molecule has 0 saturated carbocycles. The molecule has 3 rings (SSSR count). The summed E-state index contributed by atoms with van der Waals surface area (Å²) in [5.41, 5.74) is 1.20. The molecule has 0 spiro atoms. The van der Waals surface area contributed by atoms with Gasteiger partial charge in [-0.15, -0.1) is 0 Å². The molecule has 3 heterocycles. The average molecular weight is 272 g/mol. The van der Waals surface area contributed by atoms with Crippen molar-refractivity contribution in [2.24, 2.45) is 0 Å². The van der Waals surface area contributed by atoms with E-state index in [1.54, 1.807) is 29.6 Å². The van der Waals surface area contributed by atoms with Crippen molar-refractivity contribution in [3.8, 4) is 0 Å². The first-order chi connectivity index (χ1) is 9.74. The number of aromatic nitrogens is 5. The molecule has 1 aliphatic heterocycles. The molecule has 1 saturated heterocycles. The zero-order valence-corrected chi connectivity index (χ0v) is 11.3. The van der Waals surface area contributed by atoms with E-state index < -0.39 is 0 Å². The van der Waals surface area contributed by atoms with Crippen LogP contribution in [0, 0.1) is 6.92 Å². The van der Waals surface area contributed by atoms with Crippen molar-refractivity contribution in [2.45, 2.75) is 32.4 Å². The number of rotatable bonds is 3. The van der Waals surface area contributed by atoms with Gasteiger partial charge in [-0.3, -0.25) is 9.78 Å². The van der Waals surface area contributed by atoms with Crippen molar-refractivity contribution >= 4 is 5.91 Å². The van der Waals surface area contributed by atoms with Gasteiger partial charge in [-0.1, -0.05) is 0 Å². The van der Waals surface area contributed by atoms with Gasteiger partial charge in [-0.05, 0) is 19.8 Å². The summed E-state index contributed by atoms with van der Waals surface area (Å²) in [6, 6.07) is 0.123. The SMILES string of the molecule is Cc1cnc(C(=O)N2CCCC2Cn2nccn2)cn1. The first-order valence-corrected chi connectivity index (χ1v) is 6.68. The van der Waals surface area contributed by atoms with Crippen LogP contribution in [0.3, 0.4) is 0 Å². The van der Waals surface area contributed by atoms with E-state index in [4.69, 9.17) is 0 Å². The number of likely N-dealkylation sites (tertiary alicyclic amines) is 1. The number of hydrogen-bond acceptors (Lipinski definition) is 5. The van der Waals surface area contributed by atoms with Crippen molar-refractivity contribution < 1.29 is 4.79 Å². The third-order valence-corrected chi connectivity index (χ3v) is 3.48. The van der Waals surface area contributed by atoms with Crippen molar-refractivity contribution in [1.29, 1.82) is 0 Å². The molecule has 20 heavy (non-hydrogen) atoms. The van der Waals surface area contributed by atoms with Crippen LogP contribution < -0.4 is 0 Å². The largest absolute Gasteiger partial charge is 0.332 e. The molecule has 0 radical (unpaired) electrons. The molecule has 0 bridgehead atoms. The minimum absolute atomic E-state index is 0.0628. The molecular weight excluding hydrogens is 256 g/mol. The normalized spacial score (nSPS) is 18.4. The second kappa shape index (κ2) is 5.36. The van der Waals surface area contributed by atoms with Gasteiger partial charge in [0.1, 0.15) is 5.69 Å². The average Bonchev–Trinajstić information content (AvgIpc) is 3.11. The lowest BCUT2D eigenvalue weighted by Gasteiger charge is -2.23. The number of aryl methyl sites for hydroxylation is 1. The monoisotopic (exact) mass is 272 g/mol. The van der Waals surface area contributed by atoms with E-state index in [9.17, 15) is 4.79 Å². The maximum Gasteiger partial charge on any atom is 0.274 e. The van der Waals surface area contributed by atoms with Gasteiger partial charge in [-0.25, -0.2) is 4.98 Å². The van der Waals surface area contributed by atoms with Gasteiger partial charge in [0.2, 0.25) is 0 Å². The molecule has 7 nitrogen and oxygen atoms in total. The van der Waals surface area contributed by atoms with Crippen LogP contribution in [0.25, 0.3) is 0 Å². The van der Waals surface area contributed by atoms with E-state index in [1.807, 2.05) is 11.8 Å². The Morgan fingerprint density at radius 3 is 2.80 bits per heavy atom. The minimum atomic E-state index is -0.0628. The van der Waals surface area contributed by atoms with Gasteiger partial charge in [0.25, 0.3) is 5.91 Å². The van der Waals surface area contributed by atoms with Crippen LogP contribution in [0.1, 0.15) is 29.0 Å². The summed E-state index contributed by atoms with van der Waals surface area (Å²) in [5.74, 6) is -0.0628. The fourth-order valence-electron chi connectivity index (χ4n) is 2.47. The molecule has 1 unspecified atom stereocenters. The van der Waals surface area contributed by atoms with Gasteiger partial charge in [-0.2, -0.15) is 15.0 Å². The van der Waals surface area contributed by atoms with E-state index >= 15 is 0 Å². The Morgan fingerprint density at radius 1 is 1.30 bits per heavy atom. The Balaban J connectivity index is 1.74. The number of carbonyl (C=O) groups is 1. The minimum Gasteiger partial charge on any atom is -0.332 e. The summed E-state index contributed by atoms with van der Waals surface area (Å²) in [7, 11) is 0. The lowest BCUT2D eigenvalue weighted by atomic mass is 10.2.